The molecule has 84 valence electrons. The standard InChI is InChI=1S/C11H11BrS3Si/c1-16(2,3)9-5-7-10(15-9)6-4-8(12)14-11(6)13-7/h4-5H,1-3H3. The first-order valence-electron chi connectivity index (χ1n) is 5.07. The highest BCUT2D eigenvalue weighted by Gasteiger charge is 2.21. The van der Waals surface area contributed by atoms with Crippen LogP contribution in [-0.2, 0) is 0 Å². The van der Waals surface area contributed by atoms with Crippen molar-refractivity contribution in [3.8, 4) is 0 Å². The summed E-state index contributed by atoms with van der Waals surface area (Å²) in [6.07, 6.45) is 0. The maximum Gasteiger partial charge on any atom is 0.0904 e. The summed E-state index contributed by atoms with van der Waals surface area (Å²) >= 11 is 9.38. The third-order valence-electron chi connectivity index (χ3n) is 2.55. The van der Waals surface area contributed by atoms with E-state index in [1.54, 1.807) is 4.50 Å². The zero-order valence-corrected chi connectivity index (χ0v) is 14.3. The lowest BCUT2D eigenvalue weighted by molar-refractivity contribution is 1.79. The molecule has 0 saturated heterocycles. The topological polar surface area (TPSA) is 0 Å². The Morgan fingerprint density at radius 2 is 1.81 bits per heavy atom. The van der Waals surface area contributed by atoms with Gasteiger partial charge in [0, 0.05) is 10.1 Å². The van der Waals surface area contributed by atoms with Crippen LogP contribution in [-0.4, -0.2) is 8.07 Å². The lowest BCUT2D eigenvalue weighted by Gasteiger charge is -2.11. The van der Waals surface area contributed by atoms with Gasteiger partial charge in [-0.2, -0.15) is 0 Å². The van der Waals surface area contributed by atoms with Gasteiger partial charge < -0.3 is 0 Å². The Morgan fingerprint density at radius 3 is 2.50 bits per heavy atom. The van der Waals surface area contributed by atoms with Crippen LogP contribution in [0.2, 0.25) is 19.6 Å². The van der Waals surface area contributed by atoms with Gasteiger partial charge in [-0.05, 0) is 32.6 Å². The number of thiophene rings is 3. The largest absolute Gasteiger partial charge is 0.143 e. The van der Waals surface area contributed by atoms with Crippen LogP contribution in [0.5, 0.6) is 0 Å². The van der Waals surface area contributed by atoms with Gasteiger partial charge in [-0.15, -0.1) is 34.0 Å². The lowest BCUT2D eigenvalue weighted by atomic mass is 10.4. The van der Waals surface area contributed by atoms with E-state index in [2.05, 4.69) is 47.7 Å². The normalized spacial score (nSPS) is 13.0. The molecule has 0 aliphatic heterocycles. The maximum atomic E-state index is 3.57. The minimum Gasteiger partial charge on any atom is -0.143 e. The summed E-state index contributed by atoms with van der Waals surface area (Å²) in [5.41, 5.74) is 0. The molecule has 3 rings (SSSR count). The molecule has 0 saturated carbocycles. The number of fused-ring (bicyclic) bond motifs is 3. The Balaban J connectivity index is 2.32. The van der Waals surface area contributed by atoms with Crippen molar-refractivity contribution in [3.05, 3.63) is 15.9 Å². The van der Waals surface area contributed by atoms with Crippen LogP contribution < -0.4 is 4.50 Å². The van der Waals surface area contributed by atoms with Crippen molar-refractivity contribution in [1.82, 2.24) is 0 Å². The molecule has 0 unspecified atom stereocenters. The number of hydrogen-bond acceptors (Lipinski definition) is 3. The van der Waals surface area contributed by atoms with Crippen molar-refractivity contribution < 1.29 is 0 Å². The molecule has 0 aromatic carbocycles. The van der Waals surface area contributed by atoms with Crippen molar-refractivity contribution in [2.75, 3.05) is 0 Å². The summed E-state index contributed by atoms with van der Waals surface area (Å²) in [6, 6.07) is 4.70. The van der Waals surface area contributed by atoms with Crippen LogP contribution in [0.1, 0.15) is 0 Å². The third-order valence-corrected chi connectivity index (χ3v) is 10.3. The minimum absolute atomic E-state index is 1.14. The average molecular weight is 347 g/mol. The maximum absolute atomic E-state index is 3.57. The third kappa shape index (κ3) is 1.73. The van der Waals surface area contributed by atoms with Gasteiger partial charge in [-0.25, -0.2) is 0 Å². The Hall–Kier alpha value is 0.317. The van der Waals surface area contributed by atoms with Crippen LogP contribution in [0.25, 0.3) is 18.8 Å². The summed E-state index contributed by atoms with van der Waals surface area (Å²) in [5, 5.41) is 1.45. The Kier molecular flexibility index (Phi) is 2.60. The molecular formula is C11H11BrS3Si. The molecule has 5 heteroatoms. The van der Waals surface area contributed by atoms with Crippen molar-refractivity contribution in [1.29, 1.82) is 0 Å². The van der Waals surface area contributed by atoms with E-state index >= 15 is 0 Å². The molecule has 3 heterocycles. The first-order valence-corrected chi connectivity index (χ1v) is 11.8. The minimum atomic E-state index is -1.14. The summed E-state index contributed by atoms with van der Waals surface area (Å²) < 4.78 is 7.31. The van der Waals surface area contributed by atoms with Crippen molar-refractivity contribution >= 4 is 81.3 Å². The first-order chi connectivity index (χ1) is 7.45. The van der Waals surface area contributed by atoms with Crippen LogP contribution in [0.3, 0.4) is 0 Å². The summed E-state index contributed by atoms with van der Waals surface area (Å²) in [5.74, 6) is 0. The lowest BCUT2D eigenvalue weighted by Crippen LogP contribution is -2.34. The molecule has 0 radical (unpaired) electrons. The fourth-order valence-corrected chi connectivity index (χ4v) is 8.40. The molecule has 0 aliphatic carbocycles. The van der Waals surface area contributed by atoms with Gasteiger partial charge in [0.15, 0.2) is 0 Å². The second kappa shape index (κ2) is 3.65. The van der Waals surface area contributed by atoms with Crippen molar-refractivity contribution in [2.45, 2.75) is 19.6 Å². The Labute approximate surface area is 116 Å². The summed E-state index contributed by atoms with van der Waals surface area (Å²) in [6.45, 7) is 7.26. The zero-order chi connectivity index (χ0) is 11.5. The summed E-state index contributed by atoms with van der Waals surface area (Å²) in [7, 11) is -1.14. The van der Waals surface area contributed by atoms with Gasteiger partial charge in [0.05, 0.1) is 20.6 Å². The molecule has 0 fully saturated rings. The van der Waals surface area contributed by atoms with E-state index in [9.17, 15) is 0 Å². The molecule has 0 bridgehead atoms. The molecule has 16 heavy (non-hydrogen) atoms. The highest BCUT2D eigenvalue weighted by Crippen LogP contribution is 2.43. The predicted molar refractivity (Wildman–Crippen MR) is 85.8 cm³/mol. The number of rotatable bonds is 1. The van der Waals surface area contributed by atoms with Gasteiger partial charge in [0.25, 0.3) is 0 Å². The van der Waals surface area contributed by atoms with Gasteiger partial charge in [-0.1, -0.05) is 19.6 Å². The van der Waals surface area contributed by atoms with Crippen LogP contribution in [0.4, 0.5) is 0 Å². The highest BCUT2D eigenvalue weighted by atomic mass is 79.9. The molecule has 0 spiro atoms. The monoisotopic (exact) mass is 346 g/mol. The predicted octanol–water partition coefficient (Wildman–Crippen LogP) is 5.49. The molecule has 0 aliphatic rings. The van der Waals surface area contributed by atoms with E-state index in [-0.39, 0.29) is 0 Å². The fraction of sp³-hybridized carbons (Fsp3) is 0.273. The van der Waals surface area contributed by atoms with Gasteiger partial charge in [0.1, 0.15) is 0 Å². The van der Waals surface area contributed by atoms with E-state index in [0.29, 0.717) is 0 Å². The second-order valence-electron chi connectivity index (χ2n) is 4.91. The van der Waals surface area contributed by atoms with Crippen LogP contribution in [0.15, 0.2) is 15.9 Å². The molecular weight excluding hydrogens is 336 g/mol. The number of hydrogen-bond donors (Lipinski definition) is 0. The van der Waals surface area contributed by atoms with E-state index in [1.807, 2.05) is 34.0 Å². The van der Waals surface area contributed by atoms with Crippen LogP contribution in [0, 0.1) is 0 Å². The van der Waals surface area contributed by atoms with Gasteiger partial charge in [-0.3, -0.25) is 0 Å². The van der Waals surface area contributed by atoms with Crippen molar-refractivity contribution in [3.63, 3.8) is 0 Å². The molecule has 3 aromatic rings. The van der Waals surface area contributed by atoms with Crippen LogP contribution >= 0.6 is 49.9 Å². The molecule has 0 atom stereocenters. The fourth-order valence-electron chi connectivity index (χ4n) is 1.69. The first kappa shape index (κ1) is 11.4. The van der Waals surface area contributed by atoms with E-state index in [0.717, 1.165) is 0 Å². The SMILES string of the molecule is C[Si](C)(C)c1cc2sc3sc(Br)cc3c2s1. The zero-order valence-electron chi connectivity index (χ0n) is 9.26. The molecule has 0 amide bonds. The van der Waals surface area contributed by atoms with E-state index in [1.165, 1.54) is 22.6 Å². The number of halogens is 1. The summed E-state index contributed by atoms with van der Waals surface area (Å²) in [4.78, 5) is 0. The Morgan fingerprint density at radius 1 is 1.06 bits per heavy atom. The second-order valence-corrected chi connectivity index (χ2v) is 15.1. The molecule has 3 aromatic heterocycles. The van der Waals surface area contributed by atoms with Gasteiger partial charge >= 0.3 is 0 Å². The van der Waals surface area contributed by atoms with E-state index in [4.69, 9.17) is 0 Å². The highest BCUT2D eigenvalue weighted by molar-refractivity contribution is 9.11. The molecule has 0 nitrogen and oxygen atoms in total. The smallest absolute Gasteiger partial charge is 0.0904 e. The Bertz CT molecular complexity index is 668. The van der Waals surface area contributed by atoms with Crippen molar-refractivity contribution in [2.24, 2.45) is 0 Å². The quantitative estimate of drug-likeness (QED) is 0.511. The molecule has 0 N–H and O–H groups in total. The van der Waals surface area contributed by atoms with E-state index < -0.39 is 8.07 Å². The van der Waals surface area contributed by atoms with Gasteiger partial charge in [0.2, 0.25) is 0 Å². The average Bonchev–Trinajstić information content (AvgIpc) is 2.72.